The standard InChI is InChI=1S/C33H36N4O5/c1-21-18-27-28(19-26(21)33(41)42-2)36-32(40)29(27)30(23-6-4-3-5-7-23)35-25-10-8-24(9-11-25)31(39)34-14-17-37-15-12-22(20-38)13-16-37/h3-11,18-19,22,36,38,40H,12-17,20H2,1-2H3,(H,34,39). The second-order valence-electron chi connectivity index (χ2n) is 10.6. The molecule has 5 rings (SSSR count). The Bertz CT molecular complexity index is 1590. The Morgan fingerprint density at radius 1 is 1.05 bits per heavy atom. The van der Waals surface area contributed by atoms with Crippen LogP contribution in [-0.4, -0.2) is 77.6 Å². The summed E-state index contributed by atoms with van der Waals surface area (Å²) in [6, 6.07) is 20.1. The zero-order chi connectivity index (χ0) is 29.6. The van der Waals surface area contributed by atoms with Gasteiger partial charge in [-0.25, -0.2) is 9.79 Å². The van der Waals surface area contributed by atoms with Crippen LogP contribution >= 0.6 is 0 Å². The number of aryl methyl sites for hydroxylation is 1. The van der Waals surface area contributed by atoms with Crippen LogP contribution in [0.15, 0.2) is 71.7 Å². The number of hydrogen-bond acceptors (Lipinski definition) is 7. The van der Waals surface area contributed by atoms with E-state index < -0.39 is 5.97 Å². The molecule has 1 fully saturated rings. The van der Waals surface area contributed by atoms with E-state index in [9.17, 15) is 19.8 Å². The van der Waals surface area contributed by atoms with Crippen molar-refractivity contribution in [2.75, 3.05) is 39.9 Å². The first-order valence-corrected chi connectivity index (χ1v) is 14.2. The van der Waals surface area contributed by atoms with Gasteiger partial charge in [0.15, 0.2) is 5.88 Å². The number of aliphatic hydroxyl groups excluding tert-OH is 1. The molecule has 4 N–H and O–H groups in total. The van der Waals surface area contributed by atoms with Gasteiger partial charge in [0, 0.05) is 41.7 Å². The molecule has 3 aromatic carbocycles. The Labute approximate surface area is 244 Å². The van der Waals surface area contributed by atoms with Crippen LogP contribution in [0.25, 0.3) is 10.9 Å². The number of aliphatic imine (C=N–C) groups is 1. The lowest BCUT2D eigenvalue weighted by molar-refractivity contribution is 0.0600. The monoisotopic (exact) mass is 568 g/mol. The van der Waals surface area contributed by atoms with Crippen LogP contribution in [0.1, 0.15) is 50.2 Å². The Morgan fingerprint density at radius 3 is 2.43 bits per heavy atom. The van der Waals surface area contributed by atoms with Gasteiger partial charge in [0.2, 0.25) is 0 Å². The van der Waals surface area contributed by atoms with Gasteiger partial charge in [-0.1, -0.05) is 30.3 Å². The Morgan fingerprint density at radius 2 is 1.76 bits per heavy atom. The number of carbonyl (C=O) groups is 2. The summed E-state index contributed by atoms with van der Waals surface area (Å²) >= 11 is 0. The van der Waals surface area contributed by atoms with E-state index in [4.69, 9.17) is 9.73 Å². The molecule has 1 saturated heterocycles. The van der Waals surface area contributed by atoms with Gasteiger partial charge in [0.05, 0.1) is 29.6 Å². The summed E-state index contributed by atoms with van der Waals surface area (Å²) in [6.45, 7) is 5.28. The number of H-pyrrole nitrogens is 1. The summed E-state index contributed by atoms with van der Waals surface area (Å²) < 4.78 is 4.90. The zero-order valence-corrected chi connectivity index (χ0v) is 23.9. The smallest absolute Gasteiger partial charge is 0.338 e. The third-order valence-corrected chi connectivity index (χ3v) is 7.86. The largest absolute Gasteiger partial charge is 0.494 e. The molecule has 0 aliphatic carbocycles. The van der Waals surface area contributed by atoms with Crippen molar-refractivity contribution >= 4 is 34.2 Å². The number of aliphatic hydroxyl groups is 1. The maximum absolute atomic E-state index is 12.8. The third-order valence-electron chi connectivity index (χ3n) is 7.86. The third kappa shape index (κ3) is 6.37. The van der Waals surface area contributed by atoms with Gasteiger partial charge in [-0.3, -0.25) is 4.79 Å². The van der Waals surface area contributed by atoms with E-state index in [1.54, 1.807) is 30.3 Å². The van der Waals surface area contributed by atoms with Gasteiger partial charge < -0.3 is 30.2 Å². The number of rotatable bonds is 9. The molecule has 2 heterocycles. The molecule has 9 nitrogen and oxygen atoms in total. The SMILES string of the molecule is COC(=O)c1cc2[nH]c(O)c(C(=Nc3ccc(C(=O)NCCN4CCC(CO)CC4)cc3)c3ccccc3)c2cc1C. The number of benzene rings is 3. The molecule has 218 valence electrons. The Balaban J connectivity index is 1.38. The first kappa shape index (κ1) is 29.0. The number of nitrogens with one attached hydrogen (secondary N) is 2. The lowest BCUT2D eigenvalue weighted by atomic mass is 9.98. The number of aromatic amines is 1. The summed E-state index contributed by atoms with van der Waals surface area (Å²) in [4.78, 5) is 35.2. The molecule has 0 saturated carbocycles. The first-order chi connectivity index (χ1) is 20.4. The molecule has 9 heteroatoms. The van der Waals surface area contributed by atoms with Crippen LogP contribution < -0.4 is 5.32 Å². The van der Waals surface area contributed by atoms with Crippen LogP contribution in [0.5, 0.6) is 5.88 Å². The molecule has 1 aliphatic heterocycles. The number of piperidine rings is 1. The number of aromatic hydroxyl groups is 1. The lowest BCUT2D eigenvalue weighted by Gasteiger charge is -2.30. The van der Waals surface area contributed by atoms with E-state index >= 15 is 0 Å². The molecule has 0 spiro atoms. The second-order valence-corrected chi connectivity index (χ2v) is 10.6. The van der Waals surface area contributed by atoms with E-state index in [0.29, 0.717) is 51.6 Å². The zero-order valence-electron chi connectivity index (χ0n) is 23.9. The van der Waals surface area contributed by atoms with E-state index in [2.05, 4.69) is 15.2 Å². The van der Waals surface area contributed by atoms with Crippen molar-refractivity contribution in [1.29, 1.82) is 0 Å². The number of esters is 1. The fraction of sp³-hybridized carbons (Fsp3) is 0.303. The van der Waals surface area contributed by atoms with E-state index in [1.165, 1.54) is 7.11 Å². The summed E-state index contributed by atoms with van der Waals surface area (Å²) in [6.07, 6.45) is 1.98. The van der Waals surface area contributed by atoms with E-state index in [-0.39, 0.29) is 18.4 Å². The highest BCUT2D eigenvalue weighted by Gasteiger charge is 2.22. The number of amides is 1. The molecule has 0 radical (unpaired) electrons. The number of hydrogen-bond donors (Lipinski definition) is 4. The predicted octanol–water partition coefficient (Wildman–Crippen LogP) is 4.57. The number of fused-ring (bicyclic) bond motifs is 1. The Hall–Kier alpha value is -4.47. The Kier molecular flexibility index (Phi) is 9.00. The highest BCUT2D eigenvalue weighted by Crippen LogP contribution is 2.33. The summed E-state index contributed by atoms with van der Waals surface area (Å²) in [5, 5.41) is 24.0. The normalized spacial score (nSPS) is 14.7. The molecule has 1 aliphatic rings. The molecule has 1 amide bonds. The number of nitrogens with zero attached hydrogens (tertiary/aromatic N) is 2. The molecular weight excluding hydrogens is 532 g/mol. The van der Waals surface area contributed by atoms with Crippen LogP contribution in [0, 0.1) is 12.8 Å². The minimum atomic E-state index is -0.450. The minimum Gasteiger partial charge on any atom is -0.494 e. The van der Waals surface area contributed by atoms with Gasteiger partial charge in [0.25, 0.3) is 5.91 Å². The van der Waals surface area contributed by atoms with Crippen LogP contribution in [0.3, 0.4) is 0 Å². The molecule has 0 atom stereocenters. The van der Waals surface area contributed by atoms with Crippen molar-refractivity contribution < 1.29 is 24.5 Å². The van der Waals surface area contributed by atoms with Crippen LogP contribution in [-0.2, 0) is 4.74 Å². The highest BCUT2D eigenvalue weighted by atomic mass is 16.5. The van der Waals surface area contributed by atoms with E-state index in [0.717, 1.165) is 43.4 Å². The van der Waals surface area contributed by atoms with Crippen molar-refractivity contribution in [1.82, 2.24) is 15.2 Å². The quantitative estimate of drug-likeness (QED) is 0.173. The average Bonchev–Trinajstić information content (AvgIpc) is 3.34. The van der Waals surface area contributed by atoms with Crippen molar-refractivity contribution in [3.8, 4) is 5.88 Å². The topological polar surface area (TPSA) is 127 Å². The van der Waals surface area contributed by atoms with Gasteiger partial charge in [-0.05, 0) is 80.7 Å². The van der Waals surface area contributed by atoms with Crippen molar-refractivity contribution in [3.05, 3.63) is 94.5 Å². The number of likely N-dealkylation sites (tertiary alicyclic amines) is 1. The van der Waals surface area contributed by atoms with Crippen LogP contribution in [0.2, 0.25) is 0 Å². The molecule has 0 bridgehead atoms. The van der Waals surface area contributed by atoms with Crippen molar-refractivity contribution in [2.45, 2.75) is 19.8 Å². The molecular formula is C33H36N4O5. The predicted molar refractivity (Wildman–Crippen MR) is 163 cm³/mol. The van der Waals surface area contributed by atoms with Crippen molar-refractivity contribution in [3.63, 3.8) is 0 Å². The maximum Gasteiger partial charge on any atom is 0.338 e. The summed E-state index contributed by atoms with van der Waals surface area (Å²) in [5.41, 5.74) is 4.73. The molecule has 1 aromatic heterocycles. The highest BCUT2D eigenvalue weighted by molar-refractivity contribution is 6.22. The number of aromatic nitrogens is 1. The number of carbonyl (C=O) groups excluding carboxylic acids is 2. The molecule has 42 heavy (non-hydrogen) atoms. The summed E-state index contributed by atoms with van der Waals surface area (Å²) in [7, 11) is 1.34. The second kappa shape index (κ2) is 13.0. The van der Waals surface area contributed by atoms with Crippen molar-refractivity contribution in [2.24, 2.45) is 10.9 Å². The number of ether oxygens (including phenoxy) is 1. The summed E-state index contributed by atoms with van der Waals surface area (Å²) in [5.74, 6) is -0.271. The first-order valence-electron chi connectivity index (χ1n) is 14.2. The lowest BCUT2D eigenvalue weighted by Crippen LogP contribution is -2.40. The van der Waals surface area contributed by atoms with Gasteiger partial charge >= 0.3 is 5.97 Å². The van der Waals surface area contributed by atoms with E-state index in [1.807, 2.05) is 43.3 Å². The fourth-order valence-corrected chi connectivity index (χ4v) is 5.40. The fourth-order valence-electron chi connectivity index (χ4n) is 5.40. The van der Waals surface area contributed by atoms with Crippen LogP contribution in [0.4, 0.5) is 5.69 Å². The minimum absolute atomic E-state index is 0.0643. The molecule has 4 aromatic rings. The average molecular weight is 569 g/mol. The number of methoxy groups -OCH3 is 1. The van der Waals surface area contributed by atoms with Gasteiger partial charge in [-0.15, -0.1) is 0 Å². The van der Waals surface area contributed by atoms with Gasteiger partial charge in [-0.2, -0.15) is 0 Å². The molecule has 0 unspecified atom stereocenters. The van der Waals surface area contributed by atoms with Gasteiger partial charge in [0.1, 0.15) is 0 Å². The maximum atomic E-state index is 12.8.